The summed E-state index contributed by atoms with van der Waals surface area (Å²) in [6.45, 7) is 9.00. The smallest absolute Gasteiger partial charge is 0.254 e. The molecule has 35 heavy (non-hydrogen) atoms. The number of aromatic nitrogens is 2. The minimum absolute atomic E-state index is 0.102. The number of amides is 2. The van der Waals surface area contributed by atoms with Gasteiger partial charge in [-0.1, -0.05) is 44.5 Å². The fourth-order valence-corrected chi connectivity index (χ4v) is 3.70. The van der Waals surface area contributed by atoms with Crippen molar-refractivity contribution >= 4 is 29.2 Å². The molecule has 3 rings (SSSR count). The fraction of sp³-hybridized carbons (Fsp3) is 0.370. The Kier molecular flexibility index (Phi) is 8.70. The number of hydrogen-bond donors (Lipinski definition) is 1. The van der Waals surface area contributed by atoms with Gasteiger partial charge in [-0.05, 0) is 55.3 Å². The average molecular weight is 497 g/mol. The summed E-state index contributed by atoms with van der Waals surface area (Å²) in [6, 6.07) is 16.5. The van der Waals surface area contributed by atoms with E-state index in [1.165, 1.54) is 4.90 Å². The minimum Gasteiger partial charge on any atom is -0.385 e. The van der Waals surface area contributed by atoms with Crippen LogP contribution in [0.25, 0.3) is 5.69 Å². The van der Waals surface area contributed by atoms with Gasteiger partial charge in [0.15, 0.2) is 0 Å². The van der Waals surface area contributed by atoms with E-state index in [2.05, 4.69) is 26.1 Å². The predicted molar refractivity (Wildman–Crippen MR) is 139 cm³/mol. The van der Waals surface area contributed by atoms with E-state index in [4.69, 9.17) is 21.4 Å². The standard InChI is InChI=1S/C27H33ClN4O3/c1-19-8-6-9-22(16-19)32-24(17-23(30-32)27(2,3)4)29-25(33)18-31(14-7-15-35-5)26(34)20-10-12-21(28)13-11-20/h6,8-13,16-17H,7,14-15,18H2,1-5H3,(H,29,33). The van der Waals surface area contributed by atoms with E-state index >= 15 is 0 Å². The predicted octanol–water partition coefficient (Wildman–Crippen LogP) is 5.25. The number of hydrogen-bond acceptors (Lipinski definition) is 4. The van der Waals surface area contributed by atoms with E-state index in [0.29, 0.717) is 36.0 Å². The summed E-state index contributed by atoms with van der Waals surface area (Å²) in [4.78, 5) is 27.8. The monoisotopic (exact) mass is 496 g/mol. The highest BCUT2D eigenvalue weighted by molar-refractivity contribution is 6.30. The van der Waals surface area contributed by atoms with E-state index in [1.54, 1.807) is 36.1 Å². The molecule has 1 N–H and O–H groups in total. The topological polar surface area (TPSA) is 76.5 Å². The molecule has 8 heteroatoms. The van der Waals surface area contributed by atoms with Crippen molar-refractivity contribution in [1.29, 1.82) is 0 Å². The van der Waals surface area contributed by atoms with Crippen molar-refractivity contribution in [3.63, 3.8) is 0 Å². The molecule has 0 spiro atoms. The first kappa shape index (κ1) is 26.4. The number of halogens is 1. The van der Waals surface area contributed by atoms with Crippen LogP contribution in [0, 0.1) is 6.92 Å². The highest BCUT2D eigenvalue weighted by Crippen LogP contribution is 2.26. The summed E-state index contributed by atoms with van der Waals surface area (Å²) < 4.78 is 6.87. The van der Waals surface area contributed by atoms with Crippen LogP contribution in [0.1, 0.15) is 48.8 Å². The molecule has 0 aliphatic heterocycles. The number of carbonyl (C=O) groups excluding carboxylic acids is 2. The van der Waals surface area contributed by atoms with Gasteiger partial charge < -0.3 is 15.0 Å². The van der Waals surface area contributed by atoms with Crippen molar-refractivity contribution in [2.24, 2.45) is 0 Å². The molecule has 0 saturated heterocycles. The van der Waals surface area contributed by atoms with Gasteiger partial charge in [0.25, 0.3) is 5.91 Å². The fourth-order valence-electron chi connectivity index (χ4n) is 3.58. The second kappa shape index (κ2) is 11.5. The Balaban J connectivity index is 1.85. The largest absolute Gasteiger partial charge is 0.385 e. The Labute approximate surface area is 212 Å². The van der Waals surface area contributed by atoms with Crippen molar-refractivity contribution in [3.8, 4) is 5.69 Å². The van der Waals surface area contributed by atoms with Gasteiger partial charge in [-0.15, -0.1) is 0 Å². The number of carbonyl (C=O) groups is 2. The molecule has 186 valence electrons. The molecule has 0 aliphatic rings. The molecule has 0 bridgehead atoms. The van der Waals surface area contributed by atoms with Crippen molar-refractivity contribution in [1.82, 2.24) is 14.7 Å². The molecule has 2 aromatic carbocycles. The summed E-state index contributed by atoms with van der Waals surface area (Å²) in [7, 11) is 1.61. The van der Waals surface area contributed by atoms with Gasteiger partial charge in [0.1, 0.15) is 12.4 Å². The lowest BCUT2D eigenvalue weighted by molar-refractivity contribution is -0.117. The molecule has 7 nitrogen and oxygen atoms in total. The molecular weight excluding hydrogens is 464 g/mol. The first-order valence-corrected chi connectivity index (χ1v) is 12.0. The summed E-state index contributed by atoms with van der Waals surface area (Å²) in [5.74, 6) is 0.00999. The minimum atomic E-state index is -0.306. The SMILES string of the molecule is COCCCN(CC(=O)Nc1cc(C(C)(C)C)nn1-c1cccc(C)c1)C(=O)c1ccc(Cl)cc1. The second-order valence-electron chi connectivity index (χ2n) is 9.54. The molecule has 2 amide bonds. The maximum atomic E-state index is 13.2. The van der Waals surface area contributed by atoms with Crippen LogP contribution in [0.15, 0.2) is 54.6 Å². The Morgan fingerprint density at radius 2 is 1.83 bits per heavy atom. The molecule has 0 saturated carbocycles. The van der Waals surface area contributed by atoms with Gasteiger partial charge in [-0.25, -0.2) is 4.68 Å². The molecular formula is C27H33ClN4O3. The normalized spacial score (nSPS) is 11.4. The van der Waals surface area contributed by atoms with E-state index in [1.807, 2.05) is 37.3 Å². The van der Waals surface area contributed by atoms with Crippen LogP contribution >= 0.6 is 11.6 Å². The molecule has 0 aliphatic carbocycles. The number of benzene rings is 2. The Morgan fingerprint density at radius 3 is 2.46 bits per heavy atom. The summed E-state index contributed by atoms with van der Waals surface area (Å²) in [6.07, 6.45) is 0.610. The van der Waals surface area contributed by atoms with E-state index in [0.717, 1.165) is 16.9 Å². The lowest BCUT2D eigenvalue weighted by atomic mass is 9.92. The van der Waals surface area contributed by atoms with Gasteiger partial charge in [0, 0.05) is 42.3 Å². The van der Waals surface area contributed by atoms with Crippen LogP contribution in [-0.2, 0) is 14.9 Å². The summed E-state index contributed by atoms with van der Waals surface area (Å²) in [5, 5.41) is 8.29. The number of nitrogens with one attached hydrogen (secondary N) is 1. The lowest BCUT2D eigenvalue weighted by Gasteiger charge is -2.22. The summed E-state index contributed by atoms with van der Waals surface area (Å²) in [5.41, 5.74) is 3.06. The van der Waals surface area contributed by atoms with E-state index in [-0.39, 0.29) is 23.8 Å². The molecule has 1 heterocycles. The molecule has 1 aromatic heterocycles. The Hall–Kier alpha value is -3.16. The molecule has 0 fully saturated rings. The van der Waals surface area contributed by atoms with Crippen LogP contribution in [0.2, 0.25) is 5.02 Å². The van der Waals surface area contributed by atoms with Gasteiger partial charge in [-0.3, -0.25) is 9.59 Å². The van der Waals surface area contributed by atoms with Crippen LogP contribution < -0.4 is 5.32 Å². The number of rotatable bonds is 9. The van der Waals surface area contributed by atoms with Crippen molar-refractivity contribution in [2.75, 3.05) is 32.1 Å². The van der Waals surface area contributed by atoms with Gasteiger partial charge in [-0.2, -0.15) is 5.10 Å². The van der Waals surface area contributed by atoms with E-state index < -0.39 is 0 Å². The quantitative estimate of drug-likeness (QED) is 0.410. The molecule has 0 unspecified atom stereocenters. The average Bonchev–Trinajstić information content (AvgIpc) is 3.23. The summed E-state index contributed by atoms with van der Waals surface area (Å²) >= 11 is 5.97. The van der Waals surface area contributed by atoms with Crippen molar-refractivity contribution in [3.05, 3.63) is 76.4 Å². The van der Waals surface area contributed by atoms with Crippen LogP contribution in [0.4, 0.5) is 5.82 Å². The number of methoxy groups -OCH3 is 1. The molecule has 0 radical (unpaired) electrons. The van der Waals surface area contributed by atoms with Crippen LogP contribution in [0.3, 0.4) is 0 Å². The Bertz CT molecular complexity index is 1170. The maximum absolute atomic E-state index is 13.2. The Morgan fingerprint density at radius 1 is 1.11 bits per heavy atom. The highest BCUT2D eigenvalue weighted by atomic mass is 35.5. The van der Waals surface area contributed by atoms with Gasteiger partial charge in [0.05, 0.1) is 11.4 Å². The van der Waals surface area contributed by atoms with Crippen molar-refractivity contribution < 1.29 is 14.3 Å². The highest BCUT2D eigenvalue weighted by Gasteiger charge is 2.23. The third-order valence-electron chi connectivity index (χ3n) is 5.48. The molecule has 3 aromatic rings. The maximum Gasteiger partial charge on any atom is 0.254 e. The zero-order chi connectivity index (χ0) is 25.6. The van der Waals surface area contributed by atoms with Crippen LogP contribution in [0.5, 0.6) is 0 Å². The second-order valence-corrected chi connectivity index (χ2v) is 9.98. The number of aryl methyl sites for hydroxylation is 1. The third-order valence-corrected chi connectivity index (χ3v) is 5.73. The number of nitrogens with zero attached hydrogens (tertiary/aromatic N) is 3. The molecule has 0 atom stereocenters. The zero-order valence-corrected chi connectivity index (χ0v) is 21.7. The number of ether oxygens (including phenoxy) is 1. The first-order valence-electron chi connectivity index (χ1n) is 11.6. The van der Waals surface area contributed by atoms with E-state index in [9.17, 15) is 9.59 Å². The van der Waals surface area contributed by atoms with Crippen molar-refractivity contribution in [2.45, 2.75) is 39.5 Å². The van der Waals surface area contributed by atoms with Gasteiger partial charge >= 0.3 is 0 Å². The third kappa shape index (κ3) is 7.16. The number of anilines is 1. The van der Waals surface area contributed by atoms with Gasteiger partial charge in [0.2, 0.25) is 5.91 Å². The lowest BCUT2D eigenvalue weighted by Crippen LogP contribution is -2.39. The van der Waals surface area contributed by atoms with Crippen LogP contribution in [-0.4, -0.2) is 53.3 Å². The first-order chi connectivity index (χ1) is 16.6. The zero-order valence-electron chi connectivity index (χ0n) is 21.0.